The molecule has 0 bridgehead atoms. The summed E-state index contributed by atoms with van der Waals surface area (Å²) in [6.45, 7) is 5.49. The van der Waals surface area contributed by atoms with E-state index in [0.717, 1.165) is 12.3 Å². The van der Waals surface area contributed by atoms with Crippen LogP contribution < -0.4 is 11.1 Å². The third-order valence-electron chi connectivity index (χ3n) is 4.35. The maximum atomic E-state index is 6.10. The van der Waals surface area contributed by atoms with Crippen LogP contribution in [-0.4, -0.2) is 29.6 Å². The van der Waals surface area contributed by atoms with Crippen LogP contribution in [0.3, 0.4) is 0 Å². The number of hydrogen-bond donors (Lipinski definition) is 2. The SMILES string of the molecule is CC1(C)CCSCC1(CN)NC1CC=CC1. The van der Waals surface area contributed by atoms with Crippen molar-refractivity contribution < 1.29 is 0 Å². The van der Waals surface area contributed by atoms with Gasteiger partial charge in [0.05, 0.1) is 0 Å². The Morgan fingerprint density at radius 1 is 1.38 bits per heavy atom. The molecule has 1 heterocycles. The van der Waals surface area contributed by atoms with Crippen LogP contribution in [0.25, 0.3) is 0 Å². The highest BCUT2D eigenvalue weighted by atomic mass is 32.2. The van der Waals surface area contributed by atoms with Crippen LogP contribution in [0.2, 0.25) is 0 Å². The average Bonchev–Trinajstić information content (AvgIpc) is 2.74. The summed E-state index contributed by atoms with van der Waals surface area (Å²) < 4.78 is 0. The quantitative estimate of drug-likeness (QED) is 0.742. The molecule has 1 atom stereocenters. The van der Waals surface area contributed by atoms with E-state index < -0.39 is 0 Å². The van der Waals surface area contributed by atoms with Crippen LogP contribution in [0.15, 0.2) is 12.2 Å². The van der Waals surface area contributed by atoms with E-state index in [1.54, 1.807) is 0 Å². The molecular formula is C13H24N2S. The van der Waals surface area contributed by atoms with E-state index >= 15 is 0 Å². The minimum atomic E-state index is 0.132. The molecule has 1 unspecified atom stereocenters. The molecular weight excluding hydrogens is 216 g/mol. The summed E-state index contributed by atoms with van der Waals surface area (Å²) in [5, 5.41) is 3.86. The minimum Gasteiger partial charge on any atom is -0.329 e. The molecule has 0 amide bonds. The lowest BCUT2D eigenvalue weighted by atomic mass is 9.70. The van der Waals surface area contributed by atoms with Crippen molar-refractivity contribution in [2.24, 2.45) is 11.1 Å². The maximum absolute atomic E-state index is 6.10. The molecule has 0 aromatic heterocycles. The second-order valence-electron chi connectivity index (χ2n) is 5.76. The molecule has 1 saturated heterocycles. The fraction of sp³-hybridized carbons (Fsp3) is 0.846. The number of nitrogens with one attached hydrogen (secondary N) is 1. The predicted octanol–water partition coefficient (Wildman–Crippen LogP) is 2.16. The van der Waals surface area contributed by atoms with Crippen molar-refractivity contribution in [2.45, 2.75) is 44.7 Å². The average molecular weight is 240 g/mol. The van der Waals surface area contributed by atoms with Crippen LogP contribution in [0.4, 0.5) is 0 Å². The van der Waals surface area contributed by atoms with Crippen LogP contribution in [-0.2, 0) is 0 Å². The van der Waals surface area contributed by atoms with Gasteiger partial charge in [-0.15, -0.1) is 0 Å². The van der Waals surface area contributed by atoms with Gasteiger partial charge in [-0.1, -0.05) is 26.0 Å². The molecule has 3 N–H and O–H groups in total. The van der Waals surface area contributed by atoms with Crippen LogP contribution in [0.5, 0.6) is 0 Å². The van der Waals surface area contributed by atoms with Gasteiger partial charge in [-0.3, -0.25) is 0 Å². The van der Waals surface area contributed by atoms with Gasteiger partial charge in [0.15, 0.2) is 0 Å². The molecule has 0 radical (unpaired) electrons. The first-order valence-corrected chi connectivity index (χ1v) is 7.46. The monoisotopic (exact) mass is 240 g/mol. The van der Waals surface area contributed by atoms with E-state index in [2.05, 4.69) is 31.3 Å². The van der Waals surface area contributed by atoms with Crippen molar-refractivity contribution in [3.8, 4) is 0 Å². The smallest absolute Gasteiger partial charge is 0.0449 e. The van der Waals surface area contributed by atoms with E-state index in [0.29, 0.717) is 11.5 Å². The number of nitrogens with two attached hydrogens (primary N) is 1. The zero-order valence-electron chi connectivity index (χ0n) is 10.5. The number of thioether (sulfide) groups is 1. The third kappa shape index (κ3) is 2.18. The summed E-state index contributed by atoms with van der Waals surface area (Å²) in [5.41, 5.74) is 6.54. The highest BCUT2D eigenvalue weighted by molar-refractivity contribution is 7.99. The van der Waals surface area contributed by atoms with Crippen molar-refractivity contribution in [2.75, 3.05) is 18.1 Å². The summed E-state index contributed by atoms with van der Waals surface area (Å²) in [5.74, 6) is 2.44. The molecule has 92 valence electrons. The second kappa shape index (κ2) is 4.71. The molecule has 1 aliphatic carbocycles. The van der Waals surface area contributed by atoms with Crippen LogP contribution in [0.1, 0.15) is 33.1 Å². The summed E-state index contributed by atoms with van der Waals surface area (Å²) in [4.78, 5) is 0. The van der Waals surface area contributed by atoms with Gasteiger partial charge in [0.25, 0.3) is 0 Å². The Morgan fingerprint density at radius 2 is 2.06 bits per heavy atom. The Labute approximate surface area is 103 Å². The number of hydrogen-bond acceptors (Lipinski definition) is 3. The highest BCUT2D eigenvalue weighted by Crippen LogP contribution is 2.42. The van der Waals surface area contributed by atoms with Crippen molar-refractivity contribution in [1.82, 2.24) is 5.32 Å². The predicted molar refractivity (Wildman–Crippen MR) is 72.8 cm³/mol. The maximum Gasteiger partial charge on any atom is 0.0449 e. The van der Waals surface area contributed by atoms with Gasteiger partial charge >= 0.3 is 0 Å². The Morgan fingerprint density at radius 3 is 2.62 bits per heavy atom. The molecule has 2 nitrogen and oxygen atoms in total. The Bertz CT molecular complexity index is 267. The summed E-state index contributed by atoms with van der Waals surface area (Å²) in [6.07, 6.45) is 8.17. The highest BCUT2D eigenvalue weighted by Gasteiger charge is 2.46. The van der Waals surface area contributed by atoms with Crippen molar-refractivity contribution in [3.05, 3.63) is 12.2 Å². The lowest BCUT2D eigenvalue weighted by Crippen LogP contribution is -2.66. The topological polar surface area (TPSA) is 38.0 Å². The van der Waals surface area contributed by atoms with E-state index in [9.17, 15) is 0 Å². The van der Waals surface area contributed by atoms with Gasteiger partial charge < -0.3 is 11.1 Å². The molecule has 1 fully saturated rings. The standard InChI is InChI=1S/C13H24N2S/c1-12(2)7-8-16-10-13(12,9-14)15-11-5-3-4-6-11/h3-4,11,15H,5-10,14H2,1-2H3. The van der Waals surface area contributed by atoms with Gasteiger partial charge in [0.1, 0.15) is 0 Å². The first-order valence-electron chi connectivity index (χ1n) is 6.30. The van der Waals surface area contributed by atoms with Gasteiger partial charge in [-0.2, -0.15) is 11.8 Å². The van der Waals surface area contributed by atoms with Crippen LogP contribution in [0, 0.1) is 5.41 Å². The van der Waals surface area contributed by atoms with E-state index in [4.69, 9.17) is 5.73 Å². The third-order valence-corrected chi connectivity index (χ3v) is 5.54. The fourth-order valence-corrected chi connectivity index (χ4v) is 4.50. The minimum absolute atomic E-state index is 0.132. The van der Waals surface area contributed by atoms with Gasteiger partial charge in [-0.25, -0.2) is 0 Å². The van der Waals surface area contributed by atoms with Gasteiger partial charge in [-0.05, 0) is 30.4 Å². The zero-order valence-corrected chi connectivity index (χ0v) is 11.3. The molecule has 2 aliphatic rings. The Hall–Kier alpha value is 0.0100. The first-order chi connectivity index (χ1) is 7.60. The largest absolute Gasteiger partial charge is 0.329 e. The normalized spacial score (nSPS) is 34.4. The molecule has 0 spiro atoms. The molecule has 0 saturated carbocycles. The lowest BCUT2D eigenvalue weighted by Gasteiger charge is -2.51. The first kappa shape index (κ1) is 12.5. The summed E-state index contributed by atoms with van der Waals surface area (Å²) in [7, 11) is 0. The van der Waals surface area contributed by atoms with Gasteiger partial charge in [0, 0.05) is 23.9 Å². The number of rotatable bonds is 3. The Kier molecular flexibility index (Phi) is 3.67. The Balaban J connectivity index is 2.09. The molecule has 2 rings (SSSR count). The lowest BCUT2D eigenvalue weighted by molar-refractivity contribution is 0.123. The second-order valence-corrected chi connectivity index (χ2v) is 6.86. The van der Waals surface area contributed by atoms with Crippen molar-refractivity contribution >= 4 is 11.8 Å². The molecule has 0 aromatic carbocycles. The van der Waals surface area contributed by atoms with Crippen LogP contribution >= 0.6 is 11.8 Å². The molecule has 0 aromatic rings. The fourth-order valence-electron chi connectivity index (χ4n) is 2.77. The molecule has 1 aliphatic heterocycles. The molecule has 3 heteroatoms. The van der Waals surface area contributed by atoms with E-state index in [-0.39, 0.29) is 5.54 Å². The van der Waals surface area contributed by atoms with E-state index in [1.807, 2.05) is 11.8 Å². The van der Waals surface area contributed by atoms with Crippen molar-refractivity contribution in [1.29, 1.82) is 0 Å². The summed E-state index contributed by atoms with van der Waals surface area (Å²) in [6, 6.07) is 0.613. The zero-order chi connectivity index (χ0) is 11.6. The van der Waals surface area contributed by atoms with E-state index in [1.165, 1.54) is 25.0 Å². The summed E-state index contributed by atoms with van der Waals surface area (Å²) >= 11 is 2.05. The van der Waals surface area contributed by atoms with Crippen molar-refractivity contribution in [3.63, 3.8) is 0 Å². The molecule has 16 heavy (non-hydrogen) atoms. The van der Waals surface area contributed by atoms with Gasteiger partial charge in [0.2, 0.25) is 0 Å².